The second-order valence-electron chi connectivity index (χ2n) is 5.22. The van der Waals surface area contributed by atoms with Gasteiger partial charge in [0.25, 0.3) is 0 Å². The molecule has 1 fully saturated rings. The van der Waals surface area contributed by atoms with Gasteiger partial charge in [0.2, 0.25) is 0 Å². The van der Waals surface area contributed by atoms with Crippen LogP contribution in [-0.2, 0) is 4.74 Å². The topological polar surface area (TPSA) is 29.5 Å². The Morgan fingerprint density at radius 3 is 2.31 bits per heavy atom. The van der Waals surface area contributed by atoms with Crippen molar-refractivity contribution >= 4 is 0 Å². The van der Waals surface area contributed by atoms with Gasteiger partial charge in [-0.1, -0.05) is 20.8 Å². The van der Waals surface area contributed by atoms with Crippen molar-refractivity contribution in [3.8, 4) is 0 Å². The van der Waals surface area contributed by atoms with E-state index in [-0.39, 0.29) is 12.2 Å². The number of aliphatic hydroxyl groups excluding tert-OH is 1. The molecule has 0 aliphatic heterocycles. The Balaban J connectivity index is 2.55. The molecule has 0 unspecified atom stereocenters. The smallest absolute Gasteiger partial charge is 0.0833 e. The van der Waals surface area contributed by atoms with E-state index in [0.717, 1.165) is 19.3 Å². The van der Waals surface area contributed by atoms with E-state index in [4.69, 9.17) is 4.74 Å². The molecule has 0 radical (unpaired) electrons. The summed E-state index contributed by atoms with van der Waals surface area (Å²) < 4.78 is 5.28. The maximum atomic E-state index is 9.63. The Hall–Kier alpha value is -0.0800. The molecule has 1 aliphatic rings. The fourth-order valence-corrected chi connectivity index (χ4v) is 2.15. The summed E-state index contributed by atoms with van der Waals surface area (Å²) in [4.78, 5) is 0. The van der Waals surface area contributed by atoms with Gasteiger partial charge in [0.1, 0.15) is 0 Å². The Morgan fingerprint density at radius 1 is 1.23 bits per heavy atom. The van der Waals surface area contributed by atoms with Gasteiger partial charge in [-0.05, 0) is 30.6 Å². The number of methoxy groups -OCH3 is 1. The maximum absolute atomic E-state index is 9.63. The van der Waals surface area contributed by atoms with Crippen molar-refractivity contribution < 1.29 is 9.84 Å². The molecule has 1 saturated carbocycles. The van der Waals surface area contributed by atoms with Gasteiger partial charge in [0.05, 0.1) is 12.2 Å². The number of ether oxygens (including phenoxy) is 1. The molecule has 3 atom stereocenters. The molecule has 2 heteroatoms. The lowest BCUT2D eigenvalue weighted by atomic mass is 9.71. The van der Waals surface area contributed by atoms with Crippen LogP contribution >= 0.6 is 0 Å². The first-order valence-corrected chi connectivity index (χ1v) is 5.16. The molecule has 0 aromatic heterocycles. The zero-order valence-corrected chi connectivity index (χ0v) is 9.21. The van der Waals surface area contributed by atoms with Crippen molar-refractivity contribution in [1.82, 2.24) is 0 Å². The minimum Gasteiger partial charge on any atom is -0.390 e. The predicted molar refractivity (Wildman–Crippen MR) is 53.6 cm³/mol. The Kier molecular flexibility index (Phi) is 3.36. The SMILES string of the molecule is CO[C@@H]1C[C@H](C(C)(C)C)CC[C@@H]1O. The lowest BCUT2D eigenvalue weighted by molar-refractivity contribution is -0.0651. The van der Waals surface area contributed by atoms with Crippen LogP contribution in [-0.4, -0.2) is 24.4 Å². The van der Waals surface area contributed by atoms with Crippen LogP contribution in [0.25, 0.3) is 0 Å². The quantitative estimate of drug-likeness (QED) is 0.680. The highest BCUT2D eigenvalue weighted by Gasteiger charge is 2.34. The fraction of sp³-hybridized carbons (Fsp3) is 1.00. The van der Waals surface area contributed by atoms with E-state index in [0.29, 0.717) is 11.3 Å². The van der Waals surface area contributed by atoms with Gasteiger partial charge in [-0.3, -0.25) is 0 Å². The van der Waals surface area contributed by atoms with E-state index in [9.17, 15) is 5.11 Å². The van der Waals surface area contributed by atoms with Crippen LogP contribution in [0.1, 0.15) is 40.0 Å². The van der Waals surface area contributed by atoms with Crippen LogP contribution in [0.15, 0.2) is 0 Å². The van der Waals surface area contributed by atoms with Gasteiger partial charge in [-0.15, -0.1) is 0 Å². The molecular formula is C11H22O2. The molecule has 0 aromatic rings. The second kappa shape index (κ2) is 3.97. The van der Waals surface area contributed by atoms with E-state index in [1.165, 1.54) is 0 Å². The monoisotopic (exact) mass is 186 g/mol. The number of aliphatic hydroxyl groups is 1. The van der Waals surface area contributed by atoms with E-state index in [1.807, 2.05) is 0 Å². The van der Waals surface area contributed by atoms with Crippen molar-refractivity contribution in [1.29, 1.82) is 0 Å². The first-order valence-electron chi connectivity index (χ1n) is 5.16. The summed E-state index contributed by atoms with van der Waals surface area (Å²) in [5.41, 5.74) is 0.344. The third-order valence-corrected chi connectivity index (χ3v) is 3.28. The Bertz CT molecular complexity index is 160. The average Bonchev–Trinajstić information content (AvgIpc) is 2.03. The first kappa shape index (κ1) is 11.0. The van der Waals surface area contributed by atoms with Crippen molar-refractivity contribution in [2.24, 2.45) is 11.3 Å². The molecule has 1 rings (SSSR count). The van der Waals surface area contributed by atoms with Crippen molar-refractivity contribution in [3.05, 3.63) is 0 Å². The third kappa shape index (κ3) is 2.68. The first-order chi connectivity index (χ1) is 5.95. The van der Waals surface area contributed by atoms with E-state index in [2.05, 4.69) is 20.8 Å². The van der Waals surface area contributed by atoms with E-state index < -0.39 is 0 Å². The maximum Gasteiger partial charge on any atom is 0.0833 e. The largest absolute Gasteiger partial charge is 0.390 e. The van der Waals surface area contributed by atoms with Crippen LogP contribution in [0.2, 0.25) is 0 Å². The summed E-state index contributed by atoms with van der Waals surface area (Å²) in [5, 5.41) is 9.63. The molecule has 0 bridgehead atoms. The van der Waals surface area contributed by atoms with E-state index >= 15 is 0 Å². The standard InChI is InChI=1S/C11H22O2/c1-11(2,3)8-5-6-9(12)10(7-8)13-4/h8-10,12H,5-7H2,1-4H3/t8-,9+,10-/m1/s1. The lowest BCUT2D eigenvalue weighted by Gasteiger charge is -2.39. The molecule has 0 amide bonds. The van der Waals surface area contributed by atoms with Crippen molar-refractivity contribution in [2.75, 3.05) is 7.11 Å². The van der Waals surface area contributed by atoms with Gasteiger partial charge in [0.15, 0.2) is 0 Å². The molecule has 1 N–H and O–H groups in total. The summed E-state index contributed by atoms with van der Waals surface area (Å²) in [5.74, 6) is 0.681. The molecule has 0 aromatic carbocycles. The molecule has 1 aliphatic carbocycles. The van der Waals surface area contributed by atoms with E-state index in [1.54, 1.807) is 7.11 Å². The number of hydrogen-bond donors (Lipinski definition) is 1. The van der Waals surface area contributed by atoms with Gasteiger partial charge < -0.3 is 9.84 Å². The van der Waals surface area contributed by atoms with Crippen LogP contribution in [0.3, 0.4) is 0 Å². The van der Waals surface area contributed by atoms with Crippen molar-refractivity contribution in [3.63, 3.8) is 0 Å². The van der Waals surface area contributed by atoms with Crippen LogP contribution < -0.4 is 0 Å². The summed E-state index contributed by atoms with van der Waals surface area (Å²) in [6, 6.07) is 0. The highest BCUT2D eigenvalue weighted by molar-refractivity contribution is 4.85. The zero-order valence-electron chi connectivity index (χ0n) is 9.21. The second-order valence-corrected chi connectivity index (χ2v) is 5.22. The Morgan fingerprint density at radius 2 is 1.85 bits per heavy atom. The third-order valence-electron chi connectivity index (χ3n) is 3.28. The summed E-state index contributed by atoms with van der Waals surface area (Å²) in [6.45, 7) is 6.80. The van der Waals surface area contributed by atoms with Crippen LogP contribution in [0.4, 0.5) is 0 Å². The highest BCUT2D eigenvalue weighted by Crippen LogP contribution is 2.38. The summed E-state index contributed by atoms with van der Waals surface area (Å²) >= 11 is 0. The minimum atomic E-state index is -0.247. The van der Waals surface area contributed by atoms with Gasteiger partial charge in [-0.25, -0.2) is 0 Å². The molecule has 0 heterocycles. The van der Waals surface area contributed by atoms with Crippen LogP contribution in [0, 0.1) is 11.3 Å². The van der Waals surface area contributed by atoms with Gasteiger partial charge >= 0.3 is 0 Å². The highest BCUT2D eigenvalue weighted by atomic mass is 16.5. The Labute approximate surface area is 81.3 Å². The minimum absolute atomic E-state index is 0.0537. The number of rotatable bonds is 1. The number of hydrogen-bond acceptors (Lipinski definition) is 2. The van der Waals surface area contributed by atoms with Crippen molar-refractivity contribution in [2.45, 2.75) is 52.2 Å². The zero-order chi connectivity index (χ0) is 10.1. The predicted octanol–water partition coefficient (Wildman–Crippen LogP) is 2.21. The van der Waals surface area contributed by atoms with Gasteiger partial charge in [-0.2, -0.15) is 0 Å². The summed E-state index contributed by atoms with van der Waals surface area (Å²) in [6.07, 6.45) is 2.83. The summed E-state index contributed by atoms with van der Waals surface area (Å²) in [7, 11) is 1.69. The molecule has 2 nitrogen and oxygen atoms in total. The lowest BCUT2D eigenvalue weighted by Crippen LogP contribution is -2.39. The van der Waals surface area contributed by atoms with Gasteiger partial charge in [0, 0.05) is 7.11 Å². The molecule has 78 valence electrons. The molecular weight excluding hydrogens is 164 g/mol. The average molecular weight is 186 g/mol. The normalized spacial score (nSPS) is 36.2. The molecule has 0 saturated heterocycles. The fourth-order valence-electron chi connectivity index (χ4n) is 2.15. The molecule has 0 spiro atoms. The molecule has 13 heavy (non-hydrogen) atoms. The van der Waals surface area contributed by atoms with Crippen LogP contribution in [0.5, 0.6) is 0 Å².